The molecule has 0 saturated carbocycles. The molecule has 0 spiro atoms. The Morgan fingerprint density at radius 1 is 1.19 bits per heavy atom. The van der Waals surface area contributed by atoms with Gasteiger partial charge in [-0.2, -0.15) is 0 Å². The van der Waals surface area contributed by atoms with Crippen LogP contribution in [0.5, 0.6) is 5.75 Å². The smallest absolute Gasteiger partial charge is 0.404 e. The fraction of sp³-hybridized carbons (Fsp3) is 0.200. The van der Waals surface area contributed by atoms with Gasteiger partial charge >= 0.3 is 6.09 Å². The van der Waals surface area contributed by atoms with E-state index < -0.39 is 6.09 Å². The maximum Gasteiger partial charge on any atom is 0.404 e. The lowest BCUT2D eigenvalue weighted by Gasteiger charge is -2.19. The first kappa shape index (κ1) is 18.5. The van der Waals surface area contributed by atoms with Crippen LogP contribution in [0, 0.1) is 0 Å². The highest BCUT2D eigenvalue weighted by Gasteiger charge is 2.18. The van der Waals surface area contributed by atoms with Crippen molar-refractivity contribution in [1.82, 2.24) is 9.88 Å². The largest absolute Gasteiger partial charge is 0.497 e. The molecule has 0 unspecified atom stereocenters. The molecule has 3 aromatic rings. The van der Waals surface area contributed by atoms with E-state index in [1.54, 1.807) is 23.8 Å². The van der Waals surface area contributed by atoms with E-state index in [-0.39, 0.29) is 25.2 Å². The van der Waals surface area contributed by atoms with Crippen molar-refractivity contribution >= 4 is 16.9 Å². The van der Waals surface area contributed by atoms with Gasteiger partial charge in [0.05, 0.1) is 7.11 Å². The minimum atomic E-state index is -1.13. The van der Waals surface area contributed by atoms with Crippen LogP contribution in [-0.4, -0.2) is 29.4 Å². The van der Waals surface area contributed by atoms with E-state index in [1.807, 2.05) is 36.4 Å². The topological polar surface area (TPSA) is 107 Å². The Balaban J connectivity index is 2.31. The van der Waals surface area contributed by atoms with Gasteiger partial charge in [-0.3, -0.25) is 4.79 Å². The van der Waals surface area contributed by atoms with Crippen LogP contribution >= 0.6 is 0 Å². The molecular weight excluding hydrogens is 346 g/mol. The molecule has 0 atom stereocenters. The fourth-order valence-corrected chi connectivity index (χ4v) is 3.25. The normalized spacial score (nSPS) is 10.7. The van der Waals surface area contributed by atoms with Gasteiger partial charge in [0.25, 0.3) is 5.56 Å². The molecule has 3 rings (SSSR count). The number of nitrogens with two attached hydrogens (primary N) is 1. The zero-order valence-corrected chi connectivity index (χ0v) is 14.9. The van der Waals surface area contributed by atoms with Crippen LogP contribution in [-0.2, 0) is 13.1 Å². The van der Waals surface area contributed by atoms with Crippen LogP contribution in [0.15, 0.2) is 53.3 Å². The molecule has 140 valence electrons. The minimum absolute atomic E-state index is 0.109. The monoisotopic (exact) mass is 367 g/mol. The van der Waals surface area contributed by atoms with Crippen molar-refractivity contribution in [1.29, 1.82) is 0 Å². The molecule has 0 aliphatic rings. The highest BCUT2D eigenvalue weighted by molar-refractivity contribution is 5.98. The van der Waals surface area contributed by atoms with Gasteiger partial charge in [-0.05, 0) is 23.8 Å². The number of rotatable bonds is 6. The number of ether oxygens (including phenoxy) is 1. The van der Waals surface area contributed by atoms with Gasteiger partial charge in [-0.1, -0.05) is 30.3 Å². The first-order chi connectivity index (χ1) is 13.1. The molecule has 1 heterocycles. The molecule has 27 heavy (non-hydrogen) atoms. The summed E-state index contributed by atoms with van der Waals surface area (Å²) in [5, 5.41) is 12.4. The molecule has 0 fully saturated rings. The lowest BCUT2D eigenvalue weighted by molar-refractivity contribution is 0.194. The summed E-state index contributed by atoms with van der Waals surface area (Å²) in [5.41, 5.74) is 8.24. The predicted octanol–water partition coefficient (Wildman–Crippen LogP) is 2.40. The first-order valence-electron chi connectivity index (χ1n) is 8.52. The summed E-state index contributed by atoms with van der Waals surface area (Å²) in [6.07, 6.45) is -1.13. The lowest BCUT2D eigenvalue weighted by atomic mass is 9.96. The number of carboxylic acid groups (broad SMARTS) is 1. The number of amides is 1. The van der Waals surface area contributed by atoms with Crippen molar-refractivity contribution in [3.63, 3.8) is 0 Å². The Labute approximate surface area is 156 Å². The summed E-state index contributed by atoms with van der Waals surface area (Å²) in [7, 11) is 1.58. The Kier molecular flexibility index (Phi) is 5.42. The number of pyridine rings is 1. The lowest BCUT2D eigenvalue weighted by Crippen LogP contribution is -2.32. The van der Waals surface area contributed by atoms with Gasteiger partial charge in [-0.15, -0.1) is 0 Å². The number of aromatic nitrogens is 1. The van der Waals surface area contributed by atoms with Crippen molar-refractivity contribution in [3.8, 4) is 16.9 Å². The molecule has 0 aliphatic carbocycles. The van der Waals surface area contributed by atoms with Crippen LogP contribution in [0.3, 0.4) is 0 Å². The van der Waals surface area contributed by atoms with Gasteiger partial charge in [-0.25, -0.2) is 4.79 Å². The van der Waals surface area contributed by atoms with E-state index in [9.17, 15) is 9.59 Å². The van der Waals surface area contributed by atoms with Gasteiger partial charge in [0.2, 0.25) is 0 Å². The number of methoxy groups -OCH3 is 1. The van der Waals surface area contributed by atoms with Crippen LogP contribution in [0.4, 0.5) is 4.79 Å². The minimum Gasteiger partial charge on any atom is -0.497 e. The van der Waals surface area contributed by atoms with Crippen molar-refractivity contribution in [2.75, 3.05) is 13.7 Å². The number of fused-ring (bicyclic) bond motifs is 1. The molecule has 0 radical (unpaired) electrons. The summed E-state index contributed by atoms with van der Waals surface area (Å²) in [5.74, 6) is 0.646. The maximum absolute atomic E-state index is 13.1. The second kappa shape index (κ2) is 7.92. The Hall–Kier alpha value is -3.32. The molecule has 7 nitrogen and oxygen atoms in total. The quantitative estimate of drug-likeness (QED) is 0.620. The summed E-state index contributed by atoms with van der Waals surface area (Å²) < 4.78 is 6.88. The Morgan fingerprint density at radius 2 is 1.93 bits per heavy atom. The van der Waals surface area contributed by atoms with Gasteiger partial charge in [0.1, 0.15) is 5.75 Å². The standard InChI is InChI=1S/C20H21N3O4/c1-27-14-7-8-15-16(11-14)18(13-5-3-2-4-6-13)17(12-21)23(19(15)24)10-9-22-20(25)26/h2-8,11,22H,9-10,12,21H2,1H3,(H,25,26). The average Bonchev–Trinajstić information content (AvgIpc) is 2.69. The average molecular weight is 367 g/mol. The van der Waals surface area contributed by atoms with E-state index in [4.69, 9.17) is 15.6 Å². The summed E-state index contributed by atoms with van der Waals surface area (Å²) in [4.78, 5) is 23.8. The molecule has 4 N–H and O–H groups in total. The third kappa shape index (κ3) is 3.63. The number of nitrogens with zero attached hydrogens (tertiary/aromatic N) is 1. The Bertz CT molecular complexity index is 1030. The van der Waals surface area contributed by atoms with E-state index in [0.717, 1.165) is 16.5 Å². The molecule has 1 aromatic heterocycles. The third-order valence-electron chi connectivity index (χ3n) is 4.45. The van der Waals surface area contributed by atoms with Crippen molar-refractivity contribution in [2.45, 2.75) is 13.1 Å². The second-order valence-electron chi connectivity index (χ2n) is 5.99. The van der Waals surface area contributed by atoms with Crippen LogP contribution in [0.25, 0.3) is 21.9 Å². The molecule has 0 bridgehead atoms. The van der Waals surface area contributed by atoms with Gasteiger partial charge in [0.15, 0.2) is 0 Å². The van der Waals surface area contributed by atoms with Crippen molar-refractivity contribution in [2.24, 2.45) is 5.73 Å². The molecule has 2 aromatic carbocycles. The van der Waals surface area contributed by atoms with Gasteiger partial charge < -0.3 is 25.5 Å². The Morgan fingerprint density at radius 3 is 2.56 bits per heavy atom. The predicted molar refractivity (Wildman–Crippen MR) is 104 cm³/mol. The number of benzene rings is 2. The second-order valence-corrected chi connectivity index (χ2v) is 5.99. The molecule has 7 heteroatoms. The van der Waals surface area contributed by atoms with E-state index in [2.05, 4.69) is 5.32 Å². The summed E-state index contributed by atoms with van der Waals surface area (Å²) in [6, 6.07) is 15.0. The van der Waals surface area contributed by atoms with Gasteiger partial charge in [0, 0.05) is 41.7 Å². The van der Waals surface area contributed by atoms with Crippen LogP contribution in [0.1, 0.15) is 5.69 Å². The van der Waals surface area contributed by atoms with Crippen molar-refractivity contribution < 1.29 is 14.6 Å². The SMILES string of the molecule is COc1ccc2c(=O)n(CCNC(=O)O)c(CN)c(-c3ccccc3)c2c1. The van der Waals surface area contributed by atoms with E-state index in [0.29, 0.717) is 16.8 Å². The van der Waals surface area contributed by atoms with E-state index in [1.165, 1.54) is 0 Å². The van der Waals surface area contributed by atoms with Crippen molar-refractivity contribution in [3.05, 3.63) is 64.6 Å². The number of hydrogen-bond acceptors (Lipinski definition) is 4. The summed E-state index contributed by atoms with van der Waals surface area (Å²) >= 11 is 0. The molecule has 0 saturated heterocycles. The fourth-order valence-electron chi connectivity index (χ4n) is 3.25. The number of hydrogen-bond donors (Lipinski definition) is 3. The number of carbonyl (C=O) groups is 1. The zero-order valence-electron chi connectivity index (χ0n) is 14.9. The summed E-state index contributed by atoms with van der Waals surface area (Å²) in [6.45, 7) is 0.442. The zero-order chi connectivity index (χ0) is 19.4. The molecular formula is C20H21N3O4. The molecule has 0 aliphatic heterocycles. The van der Waals surface area contributed by atoms with Crippen LogP contribution in [0.2, 0.25) is 0 Å². The van der Waals surface area contributed by atoms with E-state index >= 15 is 0 Å². The number of nitrogens with one attached hydrogen (secondary N) is 1. The highest BCUT2D eigenvalue weighted by atomic mass is 16.5. The highest BCUT2D eigenvalue weighted by Crippen LogP contribution is 2.32. The first-order valence-corrected chi connectivity index (χ1v) is 8.52. The maximum atomic E-state index is 13.1. The molecule has 1 amide bonds. The third-order valence-corrected chi connectivity index (χ3v) is 4.45. The van der Waals surface area contributed by atoms with Crippen LogP contribution < -0.4 is 21.3 Å².